The van der Waals surface area contributed by atoms with E-state index < -0.39 is 5.97 Å². The molecule has 0 saturated heterocycles. The minimum absolute atomic E-state index is 0.0513. The second-order valence-corrected chi connectivity index (χ2v) is 8.18. The van der Waals surface area contributed by atoms with Gasteiger partial charge in [-0.25, -0.2) is 0 Å². The van der Waals surface area contributed by atoms with Crippen molar-refractivity contribution in [3.05, 3.63) is 35.6 Å². The van der Waals surface area contributed by atoms with Crippen LogP contribution in [-0.2, 0) is 11.2 Å². The predicted octanol–water partition coefficient (Wildman–Crippen LogP) is 2.85. The molecule has 0 bridgehead atoms. The fourth-order valence-corrected chi connectivity index (χ4v) is 5.38. The van der Waals surface area contributed by atoms with Gasteiger partial charge < -0.3 is 0 Å². The molecule has 5 heteroatoms. The van der Waals surface area contributed by atoms with Crippen molar-refractivity contribution >= 4 is 33.5 Å². The number of halogens is 1. The van der Waals surface area contributed by atoms with E-state index in [0.717, 1.165) is 24.2 Å². The van der Waals surface area contributed by atoms with Gasteiger partial charge in [0.15, 0.2) is 0 Å². The zero-order chi connectivity index (χ0) is 13.2. The van der Waals surface area contributed by atoms with Crippen LogP contribution in [0.1, 0.15) is 12.0 Å². The summed E-state index contributed by atoms with van der Waals surface area (Å²) in [5.41, 5.74) is 1.07. The number of carboxylic acids is 1. The summed E-state index contributed by atoms with van der Waals surface area (Å²) in [6.45, 7) is 0. The molecule has 0 radical (unpaired) electrons. The second-order valence-electron chi connectivity index (χ2n) is 3.93. The van der Waals surface area contributed by atoms with Gasteiger partial charge in [0.2, 0.25) is 0 Å². The first kappa shape index (κ1) is 15.6. The number of carboxylic acid groups (broad SMARTS) is 1. The van der Waals surface area contributed by atoms with E-state index in [1.165, 1.54) is 28.2 Å². The first-order valence-electron chi connectivity index (χ1n) is 5.93. The third-order valence-electron chi connectivity index (χ3n) is 2.36. The number of rotatable bonds is 9. The van der Waals surface area contributed by atoms with Crippen LogP contribution >= 0.6 is 11.8 Å². The van der Waals surface area contributed by atoms with Crippen molar-refractivity contribution in [2.75, 3.05) is 11.5 Å². The molecule has 0 aliphatic rings. The Morgan fingerprint density at radius 3 is 2.94 bits per heavy atom. The van der Waals surface area contributed by atoms with Gasteiger partial charge in [0, 0.05) is 0 Å². The molecular formula is C13H18AsFO2S. The summed E-state index contributed by atoms with van der Waals surface area (Å²) >= 11 is 1.55. The molecule has 100 valence electrons. The van der Waals surface area contributed by atoms with Crippen LogP contribution in [0.15, 0.2) is 24.3 Å². The molecular weight excluding hydrogens is 314 g/mol. The molecule has 2 nitrogen and oxygen atoms in total. The average molecular weight is 332 g/mol. The monoisotopic (exact) mass is 332 g/mol. The van der Waals surface area contributed by atoms with Gasteiger partial charge in [0.25, 0.3) is 0 Å². The molecule has 0 fully saturated rings. The number of carbonyl (C=O) groups is 1. The molecule has 0 amide bonds. The summed E-state index contributed by atoms with van der Waals surface area (Å²) in [6, 6.07) is 6.79. The first-order chi connectivity index (χ1) is 8.68. The molecule has 1 rings (SSSR count). The van der Waals surface area contributed by atoms with Gasteiger partial charge in [-0.2, -0.15) is 0 Å². The second kappa shape index (κ2) is 9.46. The van der Waals surface area contributed by atoms with Crippen LogP contribution in [0.4, 0.5) is 4.39 Å². The molecule has 1 aromatic carbocycles. The topological polar surface area (TPSA) is 37.3 Å². The Kier molecular flexibility index (Phi) is 8.19. The van der Waals surface area contributed by atoms with Crippen molar-refractivity contribution < 1.29 is 14.3 Å². The number of aliphatic carboxylic acids is 1. The van der Waals surface area contributed by atoms with Crippen LogP contribution in [0, 0.1) is 5.82 Å². The maximum atomic E-state index is 12.9. The van der Waals surface area contributed by atoms with E-state index in [1.807, 2.05) is 6.07 Å². The van der Waals surface area contributed by atoms with E-state index in [4.69, 9.17) is 5.11 Å². The summed E-state index contributed by atoms with van der Waals surface area (Å²) < 4.78 is 12.9. The molecule has 1 N–H and O–H groups in total. The van der Waals surface area contributed by atoms with Gasteiger partial charge >= 0.3 is 118 Å². The van der Waals surface area contributed by atoms with Crippen molar-refractivity contribution in [3.63, 3.8) is 0 Å². The molecule has 0 aliphatic carbocycles. The van der Waals surface area contributed by atoms with E-state index in [-0.39, 0.29) is 27.3 Å². The Labute approximate surface area is 118 Å². The van der Waals surface area contributed by atoms with Gasteiger partial charge in [0.05, 0.1) is 0 Å². The molecule has 0 heterocycles. The van der Waals surface area contributed by atoms with Crippen LogP contribution in [0.3, 0.4) is 0 Å². The Bertz CT molecular complexity index is 374. The van der Waals surface area contributed by atoms with E-state index in [0.29, 0.717) is 0 Å². The van der Waals surface area contributed by atoms with Gasteiger partial charge in [-0.15, -0.1) is 0 Å². The quantitative estimate of drug-likeness (QED) is 0.558. The van der Waals surface area contributed by atoms with Crippen molar-refractivity contribution in [1.82, 2.24) is 0 Å². The molecule has 0 spiro atoms. The molecule has 1 unspecified atom stereocenters. The summed E-state index contributed by atoms with van der Waals surface area (Å²) in [5.74, 6) is 0.293. The van der Waals surface area contributed by atoms with E-state index in [9.17, 15) is 9.18 Å². The van der Waals surface area contributed by atoms with Gasteiger partial charge in [-0.1, -0.05) is 0 Å². The zero-order valence-electron chi connectivity index (χ0n) is 10.2. The number of hydrogen-bond acceptors (Lipinski definition) is 2. The zero-order valence-corrected chi connectivity index (χ0v) is 13.1. The Balaban J connectivity index is 1.97. The Morgan fingerprint density at radius 2 is 2.22 bits per heavy atom. The summed E-state index contributed by atoms with van der Waals surface area (Å²) in [6.07, 6.45) is 2.07. The molecule has 0 aromatic heterocycles. The fraction of sp³-hybridized carbons (Fsp3) is 0.462. The van der Waals surface area contributed by atoms with Crippen LogP contribution in [0.2, 0.25) is 10.4 Å². The normalized spacial score (nSPS) is 11.2. The van der Waals surface area contributed by atoms with E-state index >= 15 is 0 Å². The van der Waals surface area contributed by atoms with Crippen LogP contribution in [0.25, 0.3) is 0 Å². The molecule has 18 heavy (non-hydrogen) atoms. The van der Waals surface area contributed by atoms with Crippen molar-refractivity contribution in [2.45, 2.75) is 23.3 Å². The molecule has 1 aromatic rings. The molecule has 1 atom stereocenters. The molecule has 0 aliphatic heterocycles. The van der Waals surface area contributed by atoms with Gasteiger partial charge in [-0.3, -0.25) is 0 Å². The van der Waals surface area contributed by atoms with Crippen LogP contribution < -0.4 is 0 Å². The van der Waals surface area contributed by atoms with Gasteiger partial charge in [-0.05, 0) is 0 Å². The van der Waals surface area contributed by atoms with E-state index in [2.05, 4.69) is 0 Å². The first-order valence-corrected chi connectivity index (χ1v) is 10.1. The number of thioether (sulfide) groups is 1. The number of hydrogen-bond donors (Lipinski definition) is 1. The number of benzene rings is 1. The standard InChI is InChI=1S/C13H18AsFO2S/c15-12-5-1-3-11(9-12)4-2-6-14-7-8-18-10-13(16)17/h1,3,5,9,14H,2,4,6-8,10H2,(H,16,17). The van der Waals surface area contributed by atoms with Crippen molar-refractivity contribution in [3.8, 4) is 0 Å². The summed E-state index contributed by atoms with van der Waals surface area (Å²) in [7, 11) is 0. The fourth-order valence-electron chi connectivity index (χ4n) is 1.54. The van der Waals surface area contributed by atoms with Crippen molar-refractivity contribution in [2.24, 2.45) is 0 Å². The Hall–Kier alpha value is -0.472. The minimum atomic E-state index is -0.730. The molecule has 0 saturated carbocycles. The predicted molar refractivity (Wildman–Crippen MR) is 76.4 cm³/mol. The Morgan fingerprint density at radius 1 is 1.39 bits per heavy atom. The summed E-state index contributed by atoms with van der Waals surface area (Å²) in [4.78, 5) is 10.3. The summed E-state index contributed by atoms with van der Waals surface area (Å²) in [5, 5.41) is 10.9. The van der Waals surface area contributed by atoms with Gasteiger partial charge in [0.1, 0.15) is 0 Å². The van der Waals surface area contributed by atoms with Crippen molar-refractivity contribution in [1.29, 1.82) is 0 Å². The van der Waals surface area contributed by atoms with E-state index in [1.54, 1.807) is 12.1 Å². The number of aryl methyl sites for hydroxylation is 1. The van der Waals surface area contributed by atoms with Crippen LogP contribution in [0.5, 0.6) is 0 Å². The maximum absolute atomic E-state index is 12.9. The average Bonchev–Trinajstić information content (AvgIpc) is 2.32. The SMILES string of the molecule is O=C(O)CSCC[AsH]CCCc1cccc(F)c1. The third-order valence-corrected chi connectivity index (χ3v) is 6.81. The van der Waals surface area contributed by atoms with Crippen LogP contribution in [-0.4, -0.2) is 38.3 Å². The third kappa shape index (κ3) is 7.78.